The second-order valence-electron chi connectivity index (χ2n) is 3.74. The van der Waals surface area contributed by atoms with Gasteiger partial charge in [0, 0.05) is 17.4 Å². The fourth-order valence-corrected chi connectivity index (χ4v) is 1.55. The average molecular weight is 246 g/mol. The quantitative estimate of drug-likeness (QED) is 0.874. The van der Waals surface area contributed by atoms with Gasteiger partial charge >= 0.3 is 5.97 Å². The highest BCUT2D eigenvalue weighted by molar-refractivity contribution is 5.94. The Morgan fingerprint density at radius 1 is 1.33 bits per heavy atom. The van der Waals surface area contributed by atoms with E-state index < -0.39 is 5.97 Å². The number of hydrogen-bond acceptors (Lipinski definition) is 3. The number of pyridine rings is 1. The van der Waals surface area contributed by atoms with Crippen molar-refractivity contribution >= 4 is 17.5 Å². The predicted molar refractivity (Wildman–Crippen MR) is 65.6 cm³/mol. The number of nitrogens with zero attached hydrogens (tertiary/aromatic N) is 1. The van der Waals surface area contributed by atoms with E-state index in [1.165, 1.54) is 24.4 Å². The summed E-state index contributed by atoms with van der Waals surface area (Å²) in [4.78, 5) is 15.0. The third-order valence-electron chi connectivity index (χ3n) is 2.56. The highest BCUT2D eigenvalue weighted by Gasteiger charge is 2.12. The summed E-state index contributed by atoms with van der Waals surface area (Å²) in [6, 6.07) is 7.53. The molecular weight excluding hydrogens is 235 g/mol. The van der Waals surface area contributed by atoms with Crippen LogP contribution in [0.25, 0.3) is 0 Å². The minimum atomic E-state index is -1.08. The maximum Gasteiger partial charge on any atom is 0.339 e. The smallest absolute Gasteiger partial charge is 0.339 e. The summed E-state index contributed by atoms with van der Waals surface area (Å²) in [7, 11) is 0. The summed E-state index contributed by atoms with van der Waals surface area (Å²) in [6.07, 6.45) is 1.48. The number of benzene rings is 1. The first-order chi connectivity index (χ1) is 8.59. The molecule has 0 aliphatic carbocycles. The summed E-state index contributed by atoms with van der Waals surface area (Å²) >= 11 is 0. The second kappa shape index (κ2) is 4.83. The van der Waals surface area contributed by atoms with Gasteiger partial charge in [-0.3, -0.25) is 0 Å². The molecule has 0 saturated heterocycles. The maximum atomic E-state index is 13.4. The molecule has 0 bridgehead atoms. The highest BCUT2D eigenvalue weighted by Crippen LogP contribution is 2.23. The van der Waals surface area contributed by atoms with Gasteiger partial charge in [0.1, 0.15) is 17.2 Å². The van der Waals surface area contributed by atoms with E-state index in [2.05, 4.69) is 10.3 Å². The Bertz CT molecular complexity index is 599. The van der Waals surface area contributed by atoms with Crippen LogP contribution >= 0.6 is 0 Å². The van der Waals surface area contributed by atoms with Crippen LogP contribution in [0.1, 0.15) is 15.9 Å². The summed E-state index contributed by atoms with van der Waals surface area (Å²) in [5.41, 5.74) is 0.955. The van der Waals surface area contributed by atoms with Crippen molar-refractivity contribution in [2.75, 3.05) is 5.32 Å². The number of aromatic carboxylic acids is 1. The normalized spacial score (nSPS) is 10.1. The van der Waals surface area contributed by atoms with Gasteiger partial charge in [-0.15, -0.1) is 0 Å². The number of aromatic nitrogens is 1. The number of rotatable bonds is 3. The van der Waals surface area contributed by atoms with E-state index in [9.17, 15) is 9.18 Å². The van der Waals surface area contributed by atoms with Crippen LogP contribution in [0, 0.1) is 12.7 Å². The first kappa shape index (κ1) is 12.0. The van der Waals surface area contributed by atoms with Gasteiger partial charge in [-0.05, 0) is 31.2 Å². The van der Waals surface area contributed by atoms with Crippen molar-refractivity contribution in [2.24, 2.45) is 0 Å². The van der Waals surface area contributed by atoms with Gasteiger partial charge in [0.15, 0.2) is 0 Å². The van der Waals surface area contributed by atoms with Crippen LogP contribution in [0.3, 0.4) is 0 Å². The Balaban J connectivity index is 2.40. The number of carbonyl (C=O) groups is 1. The van der Waals surface area contributed by atoms with E-state index in [1.807, 2.05) is 0 Å². The summed E-state index contributed by atoms with van der Waals surface area (Å²) in [5, 5.41) is 11.8. The van der Waals surface area contributed by atoms with Crippen molar-refractivity contribution < 1.29 is 14.3 Å². The van der Waals surface area contributed by atoms with Crippen molar-refractivity contribution in [2.45, 2.75) is 6.92 Å². The largest absolute Gasteiger partial charge is 0.478 e. The standard InChI is InChI=1S/C13H11FN2O2/c1-8-10(14)5-2-6-11(8)16-12-9(13(17)18)4-3-7-15-12/h2-7H,1H3,(H,15,16)(H,17,18). The Labute approximate surface area is 103 Å². The molecule has 0 atom stereocenters. The van der Waals surface area contributed by atoms with Crippen LogP contribution in [-0.4, -0.2) is 16.1 Å². The van der Waals surface area contributed by atoms with Gasteiger partial charge in [0.05, 0.1) is 0 Å². The lowest BCUT2D eigenvalue weighted by Crippen LogP contribution is -2.05. The lowest BCUT2D eigenvalue weighted by Gasteiger charge is -2.10. The Morgan fingerprint density at radius 2 is 2.11 bits per heavy atom. The molecule has 5 heteroatoms. The number of nitrogens with one attached hydrogen (secondary N) is 1. The van der Waals surface area contributed by atoms with Crippen LogP contribution in [0.2, 0.25) is 0 Å². The van der Waals surface area contributed by atoms with Gasteiger partial charge in [0.25, 0.3) is 0 Å². The third-order valence-corrected chi connectivity index (χ3v) is 2.56. The second-order valence-corrected chi connectivity index (χ2v) is 3.74. The zero-order valence-corrected chi connectivity index (χ0v) is 9.64. The first-order valence-electron chi connectivity index (χ1n) is 5.30. The molecule has 0 fully saturated rings. The molecule has 0 unspecified atom stereocenters. The van der Waals surface area contributed by atoms with E-state index >= 15 is 0 Å². The molecule has 1 aromatic carbocycles. The number of anilines is 2. The lowest BCUT2D eigenvalue weighted by molar-refractivity contribution is 0.0697. The van der Waals surface area contributed by atoms with Crippen LogP contribution in [0.5, 0.6) is 0 Å². The molecule has 92 valence electrons. The molecular formula is C13H11FN2O2. The molecule has 0 amide bonds. The number of halogens is 1. The van der Waals surface area contributed by atoms with Gasteiger partial charge in [-0.25, -0.2) is 14.2 Å². The molecule has 2 aromatic rings. The van der Waals surface area contributed by atoms with E-state index in [0.29, 0.717) is 11.3 Å². The summed E-state index contributed by atoms with van der Waals surface area (Å²) in [6.45, 7) is 1.61. The fraction of sp³-hybridized carbons (Fsp3) is 0.0769. The van der Waals surface area contributed by atoms with E-state index in [-0.39, 0.29) is 17.2 Å². The Morgan fingerprint density at radius 3 is 2.83 bits per heavy atom. The summed E-state index contributed by atoms with van der Waals surface area (Å²) in [5.74, 6) is -1.24. The molecule has 0 spiro atoms. The molecule has 1 aromatic heterocycles. The highest BCUT2D eigenvalue weighted by atomic mass is 19.1. The van der Waals surface area contributed by atoms with Crippen LogP contribution in [-0.2, 0) is 0 Å². The minimum absolute atomic E-state index is 0.0427. The fourth-order valence-electron chi connectivity index (χ4n) is 1.55. The number of hydrogen-bond donors (Lipinski definition) is 2. The maximum absolute atomic E-state index is 13.4. The predicted octanol–water partition coefficient (Wildman–Crippen LogP) is 2.97. The molecule has 0 aliphatic heterocycles. The molecule has 2 rings (SSSR count). The van der Waals surface area contributed by atoms with Crippen LogP contribution in [0.15, 0.2) is 36.5 Å². The molecule has 1 heterocycles. The monoisotopic (exact) mass is 246 g/mol. The molecule has 2 N–H and O–H groups in total. The molecule has 18 heavy (non-hydrogen) atoms. The Hall–Kier alpha value is -2.43. The average Bonchev–Trinajstić information content (AvgIpc) is 2.35. The van der Waals surface area contributed by atoms with Crippen molar-refractivity contribution in [3.63, 3.8) is 0 Å². The Kier molecular flexibility index (Phi) is 3.23. The van der Waals surface area contributed by atoms with E-state index in [4.69, 9.17) is 5.11 Å². The molecule has 0 aliphatic rings. The molecule has 4 nitrogen and oxygen atoms in total. The molecule has 0 radical (unpaired) electrons. The topological polar surface area (TPSA) is 62.2 Å². The third kappa shape index (κ3) is 2.29. The van der Waals surface area contributed by atoms with Crippen molar-refractivity contribution in [3.8, 4) is 0 Å². The lowest BCUT2D eigenvalue weighted by atomic mass is 10.2. The van der Waals surface area contributed by atoms with Crippen molar-refractivity contribution in [1.29, 1.82) is 0 Å². The zero-order valence-electron chi connectivity index (χ0n) is 9.64. The molecule has 0 saturated carbocycles. The van der Waals surface area contributed by atoms with Gasteiger partial charge in [-0.1, -0.05) is 6.07 Å². The van der Waals surface area contributed by atoms with Gasteiger partial charge in [-0.2, -0.15) is 0 Å². The number of carboxylic acids is 1. The zero-order chi connectivity index (χ0) is 13.1. The van der Waals surface area contributed by atoms with E-state index in [0.717, 1.165) is 0 Å². The van der Waals surface area contributed by atoms with Crippen molar-refractivity contribution in [3.05, 3.63) is 53.5 Å². The van der Waals surface area contributed by atoms with Crippen molar-refractivity contribution in [1.82, 2.24) is 4.98 Å². The van der Waals surface area contributed by atoms with E-state index in [1.54, 1.807) is 19.1 Å². The van der Waals surface area contributed by atoms with Crippen LogP contribution < -0.4 is 5.32 Å². The SMILES string of the molecule is Cc1c(F)cccc1Nc1ncccc1C(=O)O. The summed E-state index contributed by atoms with van der Waals surface area (Å²) < 4.78 is 13.4. The first-order valence-corrected chi connectivity index (χ1v) is 5.30. The number of carboxylic acid groups (broad SMARTS) is 1. The van der Waals surface area contributed by atoms with Gasteiger partial charge in [0.2, 0.25) is 0 Å². The van der Waals surface area contributed by atoms with Gasteiger partial charge < -0.3 is 10.4 Å². The minimum Gasteiger partial charge on any atom is -0.478 e. The van der Waals surface area contributed by atoms with Crippen LogP contribution in [0.4, 0.5) is 15.9 Å².